The Morgan fingerprint density at radius 2 is 0.979 bits per heavy atom. The van der Waals surface area contributed by atoms with Crippen molar-refractivity contribution in [3.05, 3.63) is 181 Å². The highest BCUT2D eigenvalue weighted by atomic mass is 15.1. The molecule has 2 heteroatoms. The minimum Gasteiger partial charge on any atom is -0.311 e. The Labute approximate surface area is 275 Å². The van der Waals surface area contributed by atoms with Crippen LogP contribution in [0.2, 0.25) is 0 Å². The molecule has 0 N–H and O–H groups in total. The zero-order valence-electron chi connectivity index (χ0n) is 26.6. The second kappa shape index (κ2) is 10.6. The summed E-state index contributed by atoms with van der Waals surface area (Å²) in [5, 5.41) is 2.56. The SMILES string of the molecule is CC1(C)c2ccccc2-c2cc3c4ccc(-c5ccc(N(c6ccccc6)c6ccccc6)cc5)cc4n(-c4ccccc4)c3cc21. The van der Waals surface area contributed by atoms with Gasteiger partial charge in [0.25, 0.3) is 0 Å². The molecule has 0 amide bonds. The largest absolute Gasteiger partial charge is 0.311 e. The molecule has 224 valence electrons. The number of hydrogen-bond acceptors (Lipinski definition) is 1. The van der Waals surface area contributed by atoms with Crippen LogP contribution in [0.4, 0.5) is 17.1 Å². The van der Waals surface area contributed by atoms with Gasteiger partial charge < -0.3 is 9.47 Å². The number of anilines is 3. The summed E-state index contributed by atoms with van der Waals surface area (Å²) >= 11 is 0. The van der Waals surface area contributed by atoms with Crippen LogP contribution in [-0.2, 0) is 5.41 Å². The Hall–Kier alpha value is -5.86. The van der Waals surface area contributed by atoms with E-state index in [1.54, 1.807) is 0 Å². The molecule has 1 aromatic heterocycles. The summed E-state index contributed by atoms with van der Waals surface area (Å²) in [7, 11) is 0. The average molecular weight is 603 g/mol. The molecule has 0 saturated heterocycles. The molecule has 0 saturated carbocycles. The Morgan fingerprint density at radius 3 is 1.66 bits per heavy atom. The van der Waals surface area contributed by atoms with Gasteiger partial charge in [0.2, 0.25) is 0 Å². The molecule has 0 bridgehead atoms. The molecule has 47 heavy (non-hydrogen) atoms. The van der Waals surface area contributed by atoms with Crippen molar-refractivity contribution in [1.29, 1.82) is 0 Å². The summed E-state index contributed by atoms with van der Waals surface area (Å²) < 4.78 is 2.45. The van der Waals surface area contributed by atoms with Crippen molar-refractivity contribution in [3.8, 4) is 27.9 Å². The molecule has 8 aromatic rings. The van der Waals surface area contributed by atoms with Crippen LogP contribution in [0.25, 0.3) is 49.7 Å². The number of nitrogens with zero attached hydrogens (tertiary/aromatic N) is 2. The monoisotopic (exact) mass is 602 g/mol. The van der Waals surface area contributed by atoms with Crippen molar-refractivity contribution >= 4 is 38.9 Å². The van der Waals surface area contributed by atoms with E-state index in [-0.39, 0.29) is 5.41 Å². The van der Waals surface area contributed by atoms with Crippen LogP contribution in [0.5, 0.6) is 0 Å². The van der Waals surface area contributed by atoms with Crippen LogP contribution < -0.4 is 4.90 Å². The second-order valence-corrected chi connectivity index (χ2v) is 13.0. The normalized spacial score (nSPS) is 13.1. The van der Waals surface area contributed by atoms with Gasteiger partial charge >= 0.3 is 0 Å². The fourth-order valence-electron chi connectivity index (χ4n) is 7.65. The first kappa shape index (κ1) is 27.5. The van der Waals surface area contributed by atoms with Gasteiger partial charge in [-0.05, 0) is 100 Å². The lowest BCUT2D eigenvalue weighted by molar-refractivity contribution is 0.661. The van der Waals surface area contributed by atoms with E-state index >= 15 is 0 Å². The summed E-state index contributed by atoms with van der Waals surface area (Å²) in [6, 6.07) is 61.7. The van der Waals surface area contributed by atoms with Crippen LogP contribution in [0, 0.1) is 0 Å². The highest BCUT2D eigenvalue weighted by Gasteiger charge is 2.36. The minimum absolute atomic E-state index is 0.0572. The minimum atomic E-state index is -0.0572. The van der Waals surface area contributed by atoms with Gasteiger partial charge in [0.1, 0.15) is 0 Å². The quantitative estimate of drug-likeness (QED) is 0.190. The number of fused-ring (bicyclic) bond motifs is 6. The van der Waals surface area contributed by atoms with Crippen LogP contribution in [0.1, 0.15) is 25.0 Å². The van der Waals surface area contributed by atoms with E-state index in [0.717, 1.165) is 17.1 Å². The van der Waals surface area contributed by atoms with E-state index in [4.69, 9.17) is 0 Å². The summed E-state index contributed by atoms with van der Waals surface area (Å²) in [6.45, 7) is 4.72. The molecular formula is C45H34N2. The van der Waals surface area contributed by atoms with Crippen molar-refractivity contribution < 1.29 is 0 Å². The van der Waals surface area contributed by atoms with Crippen LogP contribution >= 0.6 is 0 Å². The van der Waals surface area contributed by atoms with E-state index in [1.807, 2.05) is 0 Å². The van der Waals surface area contributed by atoms with Gasteiger partial charge in [0, 0.05) is 38.9 Å². The topological polar surface area (TPSA) is 8.17 Å². The number of benzene rings is 7. The molecule has 0 atom stereocenters. The van der Waals surface area contributed by atoms with Gasteiger partial charge in [-0.1, -0.05) is 117 Å². The maximum Gasteiger partial charge on any atom is 0.0547 e. The summed E-state index contributed by atoms with van der Waals surface area (Å²) in [5.74, 6) is 0. The van der Waals surface area contributed by atoms with Crippen molar-refractivity contribution in [3.63, 3.8) is 0 Å². The van der Waals surface area contributed by atoms with Gasteiger partial charge in [0.05, 0.1) is 11.0 Å². The molecule has 0 aliphatic heterocycles. The highest BCUT2D eigenvalue weighted by molar-refractivity contribution is 6.12. The predicted octanol–water partition coefficient (Wildman–Crippen LogP) is 12.2. The first-order valence-electron chi connectivity index (χ1n) is 16.4. The Bertz CT molecular complexity index is 2360. The van der Waals surface area contributed by atoms with E-state index < -0.39 is 0 Å². The average Bonchev–Trinajstić information content (AvgIpc) is 3.56. The third kappa shape index (κ3) is 4.33. The molecule has 0 spiro atoms. The standard InChI is InChI=1S/C45H34N2/c1-45(2)41-21-13-12-20-37(41)39-29-40-38-27-24-32(28-43(38)47(44(40)30-42(39)45)35-18-10-5-11-19-35)31-22-25-36(26-23-31)46(33-14-6-3-7-15-33)34-16-8-4-9-17-34/h3-30H,1-2H3. The fourth-order valence-corrected chi connectivity index (χ4v) is 7.65. The molecular weight excluding hydrogens is 569 g/mol. The molecule has 1 aliphatic carbocycles. The van der Waals surface area contributed by atoms with E-state index in [2.05, 4.69) is 193 Å². The van der Waals surface area contributed by atoms with Gasteiger partial charge in [-0.15, -0.1) is 0 Å². The molecule has 0 radical (unpaired) electrons. The predicted molar refractivity (Wildman–Crippen MR) is 198 cm³/mol. The number of hydrogen-bond donors (Lipinski definition) is 0. The smallest absolute Gasteiger partial charge is 0.0547 e. The summed E-state index contributed by atoms with van der Waals surface area (Å²) in [5.41, 5.74) is 14.9. The fraction of sp³-hybridized carbons (Fsp3) is 0.0667. The molecule has 9 rings (SSSR count). The maximum absolute atomic E-state index is 2.45. The van der Waals surface area contributed by atoms with Crippen LogP contribution in [0.15, 0.2) is 170 Å². The Morgan fingerprint density at radius 1 is 0.426 bits per heavy atom. The zero-order valence-corrected chi connectivity index (χ0v) is 26.6. The van der Waals surface area contributed by atoms with Crippen molar-refractivity contribution in [2.75, 3.05) is 4.90 Å². The lowest BCUT2D eigenvalue weighted by Crippen LogP contribution is -2.14. The summed E-state index contributed by atoms with van der Waals surface area (Å²) in [4.78, 5) is 2.30. The molecule has 7 aromatic carbocycles. The first-order valence-corrected chi connectivity index (χ1v) is 16.4. The third-order valence-corrected chi connectivity index (χ3v) is 9.97. The van der Waals surface area contributed by atoms with Gasteiger partial charge in [-0.25, -0.2) is 0 Å². The lowest BCUT2D eigenvalue weighted by atomic mass is 9.82. The van der Waals surface area contributed by atoms with Gasteiger partial charge in [0.15, 0.2) is 0 Å². The van der Waals surface area contributed by atoms with Gasteiger partial charge in [-0.3, -0.25) is 0 Å². The molecule has 0 fully saturated rings. The van der Waals surface area contributed by atoms with Gasteiger partial charge in [-0.2, -0.15) is 0 Å². The van der Waals surface area contributed by atoms with Crippen molar-refractivity contribution in [2.45, 2.75) is 19.3 Å². The van der Waals surface area contributed by atoms with Crippen LogP contribution in [0.3, 0.4) is 0 Å². The number of para-hydroxylation sites is 3. The van der Waals surface area contributed by atoms with Crippen molar-refractivity contribution in [1.82, 2.24) is 4.57 Å². The molecule has 1 heterocycles. The molecule has 1 aliphatic rings. The van der Waals surface area contributed by atoms with E-state index in [9.17, 15) is 0 Å². The first-order chi connectivity index (χ1) is 23.1. The highest BCUT2D eigenvalue weighted by Crippen LogP contribution is 2.51. The number of aromatic nitrogens is 1. The number of rotatable bonds is 5. The van der Waals surface area contributed by atoms with Crippen molar-refractivity contribution in [2.24, 2.45) is 0 Å². The second-order valence-electron chi connectivity index (χ2n) is 13.0. The Balaban J connectivity index is 1.20. The lowest BCUT2D eigenvalue weighted by Gasteiger charge is -2.25. The molecule has 2 nitrogen and oxygen atoms in total. The van der Waals surface area contributed by atoms with E-state index in [0.29, 0.717) is 0 Å². The molecule has 0 unspecified atom stereocenters. The van der Waals surface area contributed by atoms with E-state index in [1.165, 1.54) is 60.9 Å². The zero-order chi connectivity index (χ0) is 31.5. The van der Waals surface area contributed by atoms with Crippen LogP contribution in [-0.4, -0.2) is 4.57 Å². The maximum atomic E-state index is 2.45. The third-order valence-electron chi connectivity index (χ3n) is 9.97. The Kier molecular flexibility index (Phi) is 6.20. The summed E-state index contributed by atoms with van der Waals surface area (Å²) in [6.07, 6.45) is 0.